The van der Waals surface area contributed by atoms with Crippen molar-refractivity contribution in [2.24, 2.45) is 0 Å². The lowest BCUT2D eigenvalue weighted by molar-refractivity contribution is -0.128. The molecular formula is C12H17ClN2OS. The molecule has 0 aromatic heterocycles. The van der Waals surface area contributed by atoms with Crippen LogP contribution in [0.1, 0.15) is 12.8 Å². The van der Waals surface area contributed by atoms with Gasteiger partial charge in [0, 0.05) is 36.1 Å². The minimum absolute atomic E-state index is 0.157. The fraction of sp³-hybridized carbons (Fsp3) is 0.417. The number of nitrogens with zero attached hydrogens (tertiary/aromatic N) is 1. The van der Waals surface area contributed by atoms with Crippen molar-refractivity contribution in [2.75, 3.05) is 25.6 Å². The van der Waals surface area contributed by atoms with Crippen LogP contribution in [0.2, 0.25) is 5.02 Å². The van der Waals surface area contributed by atoms with Gasteiger partial charge in [0.15, 0.2) is 0 Å². The molecule has 0 aliphatic rings. The molecule has 1 aromatic rings. The second-order valence-corrected chi connectivity index (χ2v) is 5.50. The summed E-state index contributed by atoms with van der Waals surface area (Å²) in [4.78, 5) is 13.9. The molecule has 1 amide bonds. The highest BCUT2D eigenvalue weighted by Crippen LogP contribution is 2.28. The Labute approximate surface area is 111 Å². The van der Waals surface area contributed by atoms with Crippen molar-refractivity contribution < 1.29 is 4.79 Å². The molecule has 1 aromatic carbocycles. The zero-order chi connectivity index (χ0) is 12.8. The Kier molecular flexibility index (Phi) is 5.65. The SMILES string of the molecule is CN(C)C(=O)CCCSc1cc(Cl)ccc1N. The fourth-order valence-electron chi connectivity index (χ4n) is 1.26. The number of hydrogen-bond donors (Lipinski definition) is 1. The summed E-state index contributed by atoms with van der Waals surface area (Å²) in [6, 6.07) is 5.43. The Hall–Kier alpha value is -0.870. The number of rotatable bonds is 5. The van der Waals surface area contributed by atoms with Crippen molar-refractivity contribution in [3.8, 4) is 0 Å². The number of carbonyl (C=O) groups excluding carboxylic acids is 1. The van der Waals surface area contributed by atoms with Crippen molar-refractivity contribution in [1.82, 2.24) is 4.90 Å². The van der Waals surface area contributed by atoms with Gasteiger partial charge in [-0.2, -0.15) is 0 Å². The quantitative estimate of drug-likeness (QED) is 0.509. The van der Waals surface area contributed by atoms with Crippen molar-refractivity contribution in [2.45, 2.75) is 17.7 Å². The van der Waals surface area contributed by atoms with Gasteiger partial charge in [0.2, 0.25) is 5.91 Å². The van der Waals surface area contributed by atoms with Crippen molar-refractivity contribution in [1.29, 1.82) is 0 Å². The van der Waals surface area contributed by atoms with Crippen molar-refractivity contribution >= 4 is 35.0 Å². The van der Waals surface area contributed by atoms with E-state index in [-0.39, 0.29) is 5.91 Å². The third kappa shape index (κ3) is 4.88. The molecule has 0 unspecified atom stereocenters. The van der Waals surface area contributed by atoms with E-state index in [0.717, 1.165) is 22.8 Å². The summed E-state index contributed by atoms with van der Waals surface area (Å²) >= 11 is 7.53. The summed E-state index contributed by atoms with van der Waals surface area (Å²) in [7, 11) is 3.54. The van der Waals surface area contributed by atoms with Gasteiger partial charge in [-0.15, -0.1) is 11.8 Å². The number of halogens is 1. The average molecular weight is 273 g/mol. The van der Waals surface area contributed by atoms with Crippen LogP contribution in [-0.2, 0) is 4.79 Å². The fourth-order valence-corrected chi connectivity index (χ4v) is 2.45. The number of nitrogens with two attached hydrogens (primary N) is 1. The Morgan fingerprint density at radius 3 is 2.82 bits per heavy atom. The molecule has 0 radical (unpaired) electrons. The molecule has 1 rings (SSSR count). The molecule has 0 saturated carbocycles. The molecule has 17 heavy (non-hydrogen) atoms. The maximum Gasteiger partial charge on any atom is 0.222 e. The Morgan fingerprint density at radius 1 is 1.47 bits per heavy atom. The van der Waals surface area contributed by atoms with Crippen molar-refractivity contribution in [3.05, 3.63) is 23.2 Å². The first-order valence-electron chi connectivity index (χ1n) is 5.38. The van der Waals surface area contributed by atoms with E-state index < -0.39 is 0 Å². The highest BCUT2D eigenvalue weighted by molar-refractivity contribution is 7.99. The summed E-state index contributed by atoms with van der Waals surface area (Å²) in [5, 5.41) is 0.686. The molecule has 0 atom stereocenters. The normalized spacial score (nSPS) is 10.3. The third-order valence-electron chi connectivity index (χ3n) is 2.27. The lowest BCUT2D eigenvalue weighted by atomic mass is 10.3. The van der Waals surface area contributed by atoms with E-state index in [1.165, 1.54) is 0 Å². The van der Waals surface area contributed by atoms with Crippen LogP contribution in [0.4, 0.5) is 5.69 Å². The van der Waals surface area contributed by atoms with E-state index in [0.29, 0.717) is 11.4 Å². The van der Waals surface area contributed by atoms with Crippen LogP contribution in [0, 0.1) is 0 Å². The van der Waals surface area contributed by atoms with Crippen LogP contribution >= 0.6 is 23.4 Å². The van der Waals surface area contributed by atoms with Gasteiger partial charge in [0.1, 0.15) is 0 Å². The summed E-state index contributed by atoms with van der Waals surface area (Å²) in [5.74, 6) is 1.02. The average Bonchev–Trinajstić information content (AvgIpc) is 2.28. The van der Waals surface area contributed by atoms with Crippen LogP contribution in [0.5, 0.6) is 0 Å². The highest BCUT2D eigenvalue weighted by Gasteiger charge is 2.05. The van der Waals surface area contributed by atoms with Crippen LogP contribution < -0.4 is 5.73 Å². The Balaban J connectivity index is 2.36. The van der Waals surface area contributed by atoms with Gasteiger partial charge < -0.3 is 10.6 Å². The number of nitrogen functional groups attached to an aromatic ring is 1. The number of thioether (sulfide) groups is 1. The minimum atomic E-state index is 0.157. The van der Waals surface area contributed by atoms with E-state index in [2.05, 4.69) is 0 Å². The highest BCUT2D eigenvalue weighted by atomic mass is 35.5. The first-order valence-corrected chi connectivity index (χ1v) is 6.75. The number of anilines is 1. The van der Waals surface area contributed by atoms with E-state index in [4.69, 9.17) is 17.3 Å². The third-order valence-corrected chi connectivity index (χ3v) is 3.66. The molecule has 0 aliphatic heterocycles. The first-order chi connectivity index (χ1) is 8.00. The molecule has 0 saturated heterocycles. The van der Waals surface area contributed by atoms with Crippen LogP contribution in [-0.4, -0.2) is 30.7 Å². The predicted molar refractivity (Wildman–Crippen MR) is 74.5 cm³/mol. The largest absolute Gasteiger partial charge is 0.398 e. The number of hydrogen-bond acceptors (Lipinski definition) is 3. The maximum atomic E-state index is 11.3. The van der Waals surface area contributed by atoms with Crippen LogP contribution in [0.15, 0.2) is 23.1 Å². The second-order valence-electron chi connectivity index (χ2n) is 3.92. The summed E-state index contributed by atoms with van der Waals surface area (Å²) in [6.45, 7) is 0. The molecule has 0 aliphatic carbocycles. The molecule has 0 heterocycles. The standard InChI is InChI=1S/C12H17ClN2OS/c1-15(2)12(16)4-3-7-17-11-8-9(13)5-6-10(11)14/h5-6,8H,3-4,7,14H2,1-2H3. The first kappa shape index (κ1) is 14.2. The number of benzene rings is 1. The summed E-state index contributed by atoms with van der Waals surface area (Å²) in [6.07, 6.45) is 1.41. The van der Waals surface area contributed by atoms with Gasteiger partial charge in [-0.05, 0) is 30.4 Å². The van der Waals surface area contributed by atoms with Gasteiger partial charge in [0.05, 0.1) is 0 Å². The Bertz CT molecular complexity index is 396. The van der Waals surface area contributed by atoms with E-state index in [1.54, 1.807) is 42.9 Å². The van der Waals surface area contributed by atoms with Gasteiger partial charge in [0.25, 0.3) is 0 Å². The van der Waals surface area contributed by atoms with E-state index in [1.807, 2.05) is 6.07 Å². The monoisotopic (exact) mass is 272 g/mol. The molecule has 0 spiro atoms. The summed E-state index contributed by atoms with van der Waals surface area (Å²) in [5.41, 5.74) is 6.56. The molecule has 0 bridgehead atoms. The number of carbonyl (C=O) groups is 1. The minimum Gasteiger partial charge on any atom is -0.398 e. The van der Waals surface area contributed by atoms with E-state index in [9.17, 15) is 4.79 Å². The molecule has 0 fully saturated rings. The van der Waals surface area contributed by atoms with Crippen LogP contribution in [0.3, 0.4) is 0 Å². The second kappa shape index (κ2) is 6.77. The summed E-state index contributed by atoms with van der Waals surface area (Å²) < 4.78 is 0. The van der Waals surface area contributed by atoms with Gasteiger partial charge in [-0.25, -0.2) is 0 Å². The van der Waals surface area contributed by atoms with Gasteiger partial charge in [-0.3, -0.25) is 4.79 Å². The zero-order valence-corrected chi connectivity index (χ0v) is 11.6. The van der Waals surface area contributed by atoms with Crippen LogP contribution in [0.25, 0.3) is 0 Å². The lowest BCUT2D eigenvalue weighted by Crippen LogP contribution is -2.21. The topological polar surface area (TPSA) is 46.3 Å². The predicted octanol–water partition coefficient (Wildman–Crippen LogP) is 2.88. The Morgan fingerprint density at radius 2 is 2.18 bits per heavy atom. The number of amides is 1. The molecule has 2 N–H and O–H groups in total. The molecular weight excluding hydrogens is 256 g/mol. The van der Waals surface area contributed by atoms with E-state index >= 15 is 0 Å². The molecule has 5 heteroatoms. The van der Waals surface area contributed by atoms with Gasteiger partial charge in [-0.1, -0.05) is 11.6 Å². The van der Waals surface area contributed by atoms with Crippen molar-refractivity contribution in [3.63, 3.8) is 0 Å². The molecule has 94 valence electrons. The van der Waals surface area contributed by atoms with Gasteiger partial charge >= 0.3 is 0 Å². The lowest BCUT2D eigenvalue weighted by Gasteiger charge is -2.10. The zero-order valence-electron chi connectivity index (χ0n) is 10.1. The maximum absolute atomic E-state index is 11.3. The smallest absolute Gasteiger partial charge is 0.222 e. The molecule has 3 nitrogen and oxygen atoms in total.